The molecule has 0 unspecified atom stereocenters. The van der Waals surface area contributed by atoms with Crippen molar-refractivity contribution in [3.63, 3.8) is 0 Å². The molecule has 3 aromatic rings. The lowest BCUT2D eigenvalue weighted by Gasteiger charge is -2.00. The van der Waals surface area contributed by atoms with Gasteiger partial charge in [-0.05, 0) is 41.4 Å². The molecule has 0 saturated carbocycles. The van der Waals surface area contributed by atoms with E-state index >= 15 is 0 Å². The molecule has 0 atom stereocenters. The summed E-state index contributed by atoms with van der Waals surface area (Å²) in [6, 6.07) is 12.5. The van der Waals surface area contributed by atoms with E-state index in [2.05, 4.69) is 20.0 Å². The Morgan fingerprint density at radius 1 is 1.16 bits per heavy atom. The van der Waals surface area contributed by atoms with Crippen LogP contribution in [0.25, 0.3) is 5.69 Å². The lowest BCUT2D eigenvalue weighted by molar-refractivity contribution is -0.670. The normalized spacial score (nSPS) is 12.0. The van der Waals surface area contributed by atoms with Crippen LogP contribution in [0.1, 0.15) is 18.1 Å². The zero-order valence-corrected chi connectivity index (χ0v) is 14.6. The molecule has 0 bridgehead atoms. The van der Waals surface area contributed by atoms with Crippen molar-refractivity contribution in [2.45, 2.75) is 6.92 Å². The summed E-state index contributed by atoms with van der Waals surface area (Å²) in [7, 11) is 0. The summed E-state index contributed by atoms with van der Waals surface area (Å²) in [5.74, 6) is -0.505. The number of rotatable bonds is 4. The zero-order valence-electron chi connectivity index (χ0n) is 13.1. The van der Waals surface area contributed by atoms with Crippen LogP contribution in [-0.4, -0.2) is 17.2 Å². The number of benzene rings is 2. The van der Waals surface area contributed by atoms with Gasteiger partial charge in [-0.3, -0.25) is 0 Å². The molecule has 0 N–H and O–H groups in total. The predicted molar refractivity (Wildman–Crippen MR) is 93.7 cm³/mol. The molecule has 0 fully saturated rings. The minimum Gasteiger partial charge on any atom is -0.539 e. The van der Waals surface area contributed by atoms with Gasteiger partial charge in [-0.1, -0.05) is 29.3 Å². The van der Waals surface area contributed by atoms with Gasteiger partial charge in [-0.2, -0.15) is 10.2 Å². The Morgan fingerprint density at radius 3 is 2.44 bits per heavy atom. The van der Waals surface area contributed by atoms with Crippen LogP contribution in [0.4, 0.5) is 0 Å². The minimum absolute atomic E-state index is 0.505. The molecule has 0 aliphatic carbocycles. The molecule has 1 aromatic heterocycles. The van der Waals surface area contributed by atoms with E-state index in [-0.39, 0.29) is 0 Å². The SMILES string of the molecule is C/C(=N\N=C\c1c(Cl)cccc1Cl)c1ccc(-[n+]2cc([O-])on2)cc1. The number of aromatic nitrogens is 2. The van der Waals surface area contributed by atoms with E-state index in [0.29, 0.717) is 27.0 Å². The van der Waals surface area contributed by atoms with Crippen molar-refractivity contribution in [3.05, 3.63) is 69.8 Å². The molecule has 6 nitrogen and oxygen atoms in total. The maximum absolute atomic E-state index is 11.0. The summed E-state index contributed by atoms with van der Waals surface area (Å²) in [5.41, 5.74) is 2.90. The summed E-state index contributed by atoms with van der Waals surface area (Å²) >= 11 is 12.2. The molecule has 2 aromatic carbocycles. The topological polar surface area (TPSA) is 77.7 Å². The number of hydrogen-bond acceptors (Lipinski definition) is 5. The average molecular weight is 375 g/mol. The van der Waals surface area contributed by atoms with E-state index in [4.69, 9.17) is 23.2 Å². The average Bonchev–Trinajstić information content (AvgIpc) is 3.04. The van der Waals surface area contributed by atoms with Crippen LogP contribution in [-0.2, 0) is 0 Å². The van der Waals surface area contributed by atoms with E-state index < -0.39 is 5.95 Å². The highest BCUT2D eigenvalue weighted by Crippen LogP contribution is 2.22. The van der Waals surface area contributed by atoms with Crippen molar-refractivity contribution in [3.8, 4) is 11.6 Å². The highest BCUT2D eigenvalue weighted by Gasteiger charge is 2.09. The van der Waals surface area contributed by atoms with Gasteiger partial charge in [0.2, 0.25) is 11.9 Å². The van der Waals surface area contributed by atoms with Crippen LogP contribution in [0, 0.1) is 0 Å². The van der Waals surface area contributed by atoms with Gasteiger partial charge in [-0.15, -0.1) is 0 Å². The molecule has 126 valence electrons. The maximum atomic E-state index is 11.0. The van der Waals surface area contributed by atoms with Gasteiger partial charge >= 0.3 is 0 Å². The fraction of sp³-hybridized carbons (Fsp3) is 0.0588. The van der Waals surface area contributed by atoms with Gasteiger partial charge in [-0.25, -0.2) is 0 Å². The van der Waals surface area contributed by atoms with Crippen molar-refractivity contribution < 1.29 is 14.3 Å². The Kier molecular flexibility index (Phi) is 5.11. The largest absolute Gasteiger partial charge is 0.539 e. The van der Waals surface area contributed by atoms with Crippen LogP contribution < -0.4 is 9.79 Å². The molecule has 0 aliphatic heterocycles. The Labute approximate surface area is 153 Å². The second kappa shape index (κ2) is 7.46. The smallest absolute Gasteiger partial charge is 0.239 e. The predicted octanol–water partition coefficient (Wildman–Crippen LogP) is 3.17. The lowest BCUT2D eigenvalue weighted by atomic mass is 10.1. The molecule has 0 saturated heterocycles. The standard InChI is InChI=1S/C17H12Cl2N4O2/c1-11(21-20-9-14-15(18)3-2-4-16(14)19)12-5-7-13(8-6-12)23-10-17(24)25-22-23/h2-10H,1H3/b20-9+,21-11+. The Morgan fingerprint density at radius 2 is 1.84 bits per heavy atom. The maximum Gasteiger partial charge on any atom is 0.239 e. The van der Waals surface area contributed by atoms with Crippen molar-refractivity contribution in [1.29, 1.82) is 0 Å². The first-order valence-corrected chi connectivity index (χ1v) is 7.98. The van der Waals surface area contributed by atoms with Crippen molar-refractivity contribution in [2.24, 2.45) is 10.2 Å². The van der Waals surface area contributed by atoms with E-state index in [1.165, 1.54) is 17.1 Å². The summed E-state index contributed by atoms with van der Waals surface area (Å²) < 4.78 is 5.86. The third-order valence-corrected chi connectivity index (χ3v) is 4.05. The molecule has 3 rings (SSSR count). The van der Waals surface area contributed by atoms with E-state index in [0.717, 1.165) is 5.56 Å². The van der Waals surface area contributed by atoms with Gasteiger partial charge in [0.15, 0.2) is 0 Å². The summed E-state index contributed by atoms with van der Waals surface area (Å²) in [6.45, 7) is 1.83. The quantitative estimate of drug-likeness (QED) is 0.399. The van der Waals surface area contributed by atoms with E-state index in [1.807, 2.05) is 19.1 Å². The first-order valence-electron chi connectivity index (χ1n) is 7.23. The molecule has 1 heterocycles. The Balaban J connectivity index is 1.77. The highest BCUT2D eigenvalue weighted by atomic mass is 35.5. The fourth-order valence-corrected chi connectivity index (χ4v) is 2.57. The fourth-order valence-electron chi connectivity index (χ4n) is 2.07. The van der Waals surface area contributed by atoms with Crippen molar-refractivity contribution in [1.82, 2.24) is 5.27 Å². The number of hydrogen-bond donors (Lipinski definition) is 0. The third-order valence-electron chi connectivity index (χ3n) is 3.39. The second-order valence-corrected chi connectivity index (χ2v) is 5.89. The van der Waals surface area contributed by atoms with Crippen LogP contribution in [0.2, 0.25) is 10.0 Å². The van der Waals surface area contributed by atoms with Crippen LogP contribution in [0.15, 0.2) is 63.4 Å². The monoisotopic (exact) mass is 374 g/mol. The number of halogens is 2. The summed E-state index contributed by atoms with van der Waals surface area (Å²) in [5, 5.41) is 23.8. The zero-order chi connectivity index (χ0) is 17.8. The van der Waals surface area contributed by atoms with Gasteiger partial charge in [0, 0.05) is 17.7 Å². The molecule has 8 heteroatoms. The lowest BCUT2D eigenvalue weighted by Crippen LogP contribution is -2.31. The molecule has 0 radical (unpaired) electrons. The summed E-state index contributed by atoms with van der Waals surface area (Å²) in [6.07, 6.45) is 2.77. The first kappa shape index (κ1) is 17.1. The van der Waals surface area contributed by atoms with E-state index in [1.54, 1.807) is 30.3 Å². The van der Waals surface area contributed by atoms with Crippen LogP contribution in [0.5, 0.6) is 5.95 Å². The molecule has 0 aliphatic rings. The van der Waals surface area contributed by atoms with Gasteiger partial charge in [0.1, 0.15) is 5.95 Å². The highest BCUT2D eigenvalue weighted by molar-refractivity contribution is 6.38. The molecule has 25 heavy (non-hydrogen) atoms. The van der Waals surface area contributed by atoms with Crippen LogP contribution in [0.3, 0.4) is 0 Å². The second-order valence-electron chi connectivity index (χ2n) is 5.08. The van der Waals surface area contributed by atoms with Gasteiger partial charge < -0.3 is 9.63 Å². The van der Waals surface area contributed by atoms with E-state index in [9.17, 15) is 5.11 Å². The molecular formula is C17H12Cl2N4O2. The molecule has 0 spiro atoms. The van der Waals surface area contributed by atoms with Crippen molar-refractivity contribution >= 4 is 35.1 Å². The number of nitrogens with zero attached hydrogens (tertiary/aromatic N) is 4. The molecule has 0 amide bonds. The summed E-state index contributed by atoms with van der Waals surface area (Å²) in [4.78, 5) is 0. The Hall–Kier alpha value is -2.70. The van der Waals surface area contributed by atoms with Crippen LogP contribution >= 0.6 is 23.2 Å². The Bertz CT molecular complexity index is 929. The van der Waals surface area contributed by atoms with Gasteiger partial charge in [0.25, 0.3) is 0 Å². The van der Waals surface area contributed by atoms with Gasteiger partial charge in [0.05, 0.1) is 27.2 Å². The molecular weight excluding hydrogens is 363 g/mol. The first-order chi connectivity index (χ1) is 12.0. The van der Waals surface area contributed by atoms with Crippen molar-refractivity contribution in [2.75, 3.05) is 0 Å². The minimum atomic E-state index is -0.505. The third kappa shape index (κ3) is 4.04.